The third-order valence-corrected chi connectivity index (χ3v) is 2.43. The van der Waals surface area contributed by atoms with Gasteiger partial charge in [-0.25, -0.2) is 0 Å². The number of nitrogens with zero attached hydrogens (tertiary/aromatic N) is 1. The maximum atomic E-state index is 5.43. The van der Waals surface area contributed by atoms with Crippen LogP contribution in [0.4, 0.5) is 0 Å². The fraction of sp³-hybridized carbons (Fsp3) is 1.00. The largest absolute Gasteiger partial charge is 0.378 e. The predicted molar refractivity (Wildman–Crippen MR) is 58.1 cm³/mol. The first kappa shape index (κ1) is 12.9. The number of rotatable bonds is 0. The second-order valence-electron chi connectivity index (χ2n) is 4.49. The Morgan fingerprint density at radius 2 is 1.85 bits per heavy atom. The zero-order chi connectivity index (χ0) is 10.5. The van der Waals surface area contributed by atoms with E-state index in [9.17, 15) is 0 Å². The molecular formula is C11H25NO. The van der Waals surface area contributed by atoms with Crippen LogP contribution in [0.3, 0.4) is 0 Å². The van der Waals surface area contributed by atoms with Crippen LogP contribution in [0.5, 0.6) is 0 Å². The van der Waals surface area contributed by atoms with E-state index in [2.05, 4.69) is 46.6 Å². The van der Waals surface area contributed by atoms with Crippen LogP contribution < -0.4 is 0 Å². The lowest BCUT2D eigenvalue weighted by molar-refractivity contribution is -0.0700. The van der Waals surface area contributed by atoms with Crippen LogP contribution >= 0.6 is 0 Å². The number of ether oxygens (including phenoxy) is 1. The molecule has 0 spiro atoms. The molecule has 1 fully saturated rings. The number of likely N-dealkylation sites (N-methyl/N-ethyl adjacent to an activating group) is 1. The van der Waals surface area contributed by atoms with Crippen LogP contribution in [-0.2, 0) is 4.74 Å². The minimum Gasteiger partial charge on any atom is -0.378 e. The van der Waals surface area contributed by atoms with E-state index in [0.29, 0.717) is 6.04 Å². The average Bonchev–Trinajstić information content (AvgIpc) is 2.01. The van der Waals surface area contributed by atoms with Crippen LogP contribution in [0.1, 0.15) is 41.0 Å². The van der Waals surface area contributed by atoms with Gasteiger partial charge in [0.2, 0.25) is 0 Å². The van der Waals surface area contributed by atoms with Crippen LogP contribution in [0.2, 0.25) is 0 Å². The molecule has 0 saturated carbocycles. The second-order valence-corrected chi connectivity index (χ2v) is 4.49. The number of morpholine rings is 1. The van der Waals surface area contributed by atoms with E-state index >= 15 is 0 Å². The number of hydrogen-bond donors (Lipinski definition) is 0. The van der Waals surface area contributed by atoms with Crippen molar-refractivity contribution in [2.24, 2.45) is 0 Å². The zero-order valence-electron chi connectivity index (χ0n) is 10.1. The Balaban J connectivity index is 0.000000424. The smallest absolute Gasteiger partial charge is 0.0645 e. The fourth-order valence-electron chi connectivity index (χ4n) is 1.29. The molecule has 0 N–H and O–H groups in total. The zero-order valence-corrected chi connectivity index (χ0v) is 10.1. The van der Waals surface area contributed by atoms with Gasteiger partial charge in [-0.05, 0) is 27.8 Å². The van der Waals surface area contributed by atoms with Crippen molar-refractivity contribution in [3.63, 3.8) is 0 Å². The summed E-state index contributed by atoms with van der Waals surface area (Å²) in [5, 5.41) is 0. The van der Waals surface area contributed by atoms with Crippen molar-refractivity contribution >= 4 is 0 Å². The van der Waals surface area contributed by atoms with Gasteiger partial charge in [-0.1, -0.05) is 20.3 Å². The van der Waals surface area contributed by atoms with Crippen molar-refractivity contribution < 1.29 is 4.74 Å². The summed E-state index contributed by atoms with van der Waals surface area (Å²) >= 11 is 0. The van der Waals surface area contributed by atoms with Gasteiger partial charge < -0.3 is 4.74 Å². The van der Waals surface area contributed by atoms with Gasteiger partial charge in [0.05, 0.1) is 13.2 Å². The predicted octanol–water partition coefficient (Wildman–Crippen LogP) is 2.53. The van der Waals surface area contributed by atoms with E-state index in [-0.39, 0.29) is 5.54 Å². The molecule has 1 saturated heterocycles. The summed E-state index contributed by atoms with van der Waals surface area (Å²) in [6.07, 6.45) is 1.25. The van der Waals surface area contributed by atoms with Gasteiger partial charge in [0.25, 0.3) is 0 Å². The highest BCUT2D eigenvalue weighted by molar-refractivity contribution is 4.85. The maximum Gasteiger partial charge on any atom is 0.0645 e. The molecule has 1 aliphatic rings. The number of hydrogen-bond acceptors (Lipinski definition) is 2. The van der Waals surface area contributed by atoms with Crippen molar-refractivity contribution in [2.75, 3.05) is 20.3 Å². The second kappa shape index (κ2) is 5.61. The Bertz CT molecular complexity index is 134. The molecule has 1 heterocycles. The lowest BCUT2D eigenvalue weighted by Gasteiger charge is -2.43. The third kappa shape index (κ3) is 4.10. The van der Waals surface area contributed by atoms with Gasteiger partial charge in [0.1, 0.15) is 0 Å². The molecule has 13 heavy (non-hydrogen) atoms. The van der Waals surface area contributed by atoms with Gasteiger partial charge in [0.15, 0.2) is 0 Å². The summed E-state index contributed by atoms with van der Waals surface area (Å²) in [5.74, 6) is 0. The minimum atomic E-state index is 0.220. The van der Waals surface area contributed by atoms with Gasteiger partial charge in [-0.3, -0.25) is 4.90 Å². The molecule has 1 rings (SSSR count). The van der Waals surface area contributed by atoms with Crippen molar-refractivity contribution in [2.45, 2.75) is 52.6 Å². The summed E-state index contributed by atoms with van der Waals surface area (Å²) in [6, 6.07) is 0.559. The van der Waals surface area contributed by atoms with Crippen LogP contribution in [0, 0.1) is 0 Å². The lowest BCUT2D eigenvalue weighted by Crippen LogP contribution is -2.55. The molecule has 1 unspecified atom stereocenters. The Morgan fingerprint density at radius 1 is 1.38 bits per heavy atom. The molecule has 0 aromatic heterocycles. The van der Waals surface area contributed by atoms with E-state index in [1.165, 1.54) is 6.42 Å². The fourth-order valence-corrected chi connectivity index (χ4v) is 1.29. The molecule has 80 valence electrons. The molecule has 2 nitrogen and oxygen atoms in total. The van der Waals surface area contributed by atoms with Gasteiger partial charge in [-0.2, -0.15) is 0 Å². The van der Waals surface area contributed by atoms with E-state index in [0.717, 1.165) is 13.2 Å². The highest BCUT2D eigenvalue weighted by atomic mass is 16.5. The quantitative estimate of drug-likeness (QED) is 0.578. The molecule has 1 atom stereocenters. The molecule has 1 aliphatic heterocycles. The molecule has 0 amide bonds. The molecular weight excluding hydrogens is 162 g/mol. The van der Waals surface area contributed by atoms with Crippen molar-refractivity contribution in [3.8, 4) is 0 Å². The monoisotopic (exact) mass is 187 g/mol. The summed E-state index contributed by atoms with van der Waals surface area (Å²) in [5.41, 5.74) is 0.220. The van der Waals surface area contributed by atoms with E-state index in [1.807, 2.05) is 0 Å². The topological polar surface area (TPSA) is 12.5 Å². The highest BCUT2D eigenvalue weighted by Crippen LogP contribution is 2.20. The van der Waals surface area contributed by atoms with Crippen LogP contribution in [-0.4, -0.2) is 36.7 Å². The molecule has 2 heteroatoms. The lowest BCUT2D eigenvalue weighted by atomic mass is 10.0. The van der Waals surface area contributed by atoms with Crippen LogP contribution in [0.25, 0.3) is 0 Å². The SMILES string of the molecule is CC1COCC(C)(C)N1C.CCC. The molecule has 0 radical (unpaired) electrons. The first-order chi connectivity index (χ1) is 5.95. The minimum absolute atomic E-state index is 0.220. The van der Waals surface area contributed by atoms with E-state index in [4.69, 9.17) is 4.74 Å². The summed E-state index contributed by atoms with van der Waals surface area (Å²) in [7, 11) is 2.16. The summed E-state index contributed by atoms with van der Waals surface area (Å²) < 4.78 is 5.43. The maximum absolute atomic E-state index is 5.43. The Morgan fingerprint density at radius 3 is 2.15 bits per heavy atom. The Hall–Kier alpha value is -0.0800. The molecule has 0 aliphatic carbocycles. The Labute approximate surface area is 83.3 Å². The van der Waals surface area contributed by atoms with Gasteiger partial charge in [0, 0.05) is 11.6 Å². The van der Waals surface area contributed by atoms with Crippen LogP contribution in [0.15, 0.2) is 0 Å². The van der Waals surface area contributed by atoms with E-state index in [1.54, 1.807) is 0 Å². The van der Waals surface area contributed by atoms with Crippen molar-refractivity contribution in [3.05, 3.63) is 0 Å². The molecule has 0 aromatic carbocycles. The van der Waals surface area contributed by atoms with Crippen molar-refractivity contribution in [1.29, 1.82) is 0 Å². The van der Waals surface area contributed by atoms with Crippen molar-refractivity contribution in [1.82, 2.24) is 4.90 Å². The third-order valence-electron chi connectivity index (χ3n) is 2.43. The Kier molecular flexibility index (Phi) is 5.57. The first-order valence-corrected chi connectivity index (χ1v) is 5.26. The van der Waals surface area contributed by atoms with E-state index < -0.39 is 0 Å². The molecule has 0 aromatic rings. The average molecular weight is 187 g/mol. The highest BCUT2D eigenvalue weighted by Gasteiger charge is 2.31. The van der Waals surface area contributed by atoms with Gasteiger partial charge in [-0.15, -0.1) is 0 Å². The normalized spacial score (nSPS) is 27.7. The van der Waals surface area contributed by atoms with Gasteiger partial charge >= 0.3 is 0 Å². The standard InChI is InChI=1S/C8H17NO.C3H8/c1-7-5-10-6-8(2,3)9(7)4;1-3-2/h7H,5-6H2,1-4H3;3H2,1-2H3. The first-order valence-electron chi connectivity index (χ1n) is 5.26. The summed E-state index contributed by atoms with van der Waals surface area (Å²) in [6.45, 7) is 12.6. The molecule has 0 bridgehead atoms. The summed E-state index contributed by atoms with van der Waals surface area (Å²) in [4.78, 5) is 2.37.